The first-order valence-electron chi connectivity index (χ1n) is 9.89. The third-order valence-electron chi connectivity index (χ3n) is 5.81. The third-order valence-corrected chi connectivity index (χ3v) is 5.81. The van der Waals surface area contributed by atoms with E-state index in [1.807, 2.05) is 12.2 Å². The molecule has 28 heavy (non-hydrogen) atoms. The molecule has 2 rings (SSSR count). The molecule has 0 radical (unpaired) electrons. The second-order valence-corrected chi connectivity index (χ2v) is 8.03. The molecule has 1 fully saturated rings. The molecule has 0 spiro atoms. The summed E-state index contributed by atoms with van der Waals surface area (Å²) in [5.41, 5.74) is 2.86. The third kappa shape index (κ3) is 5.22. The highest BCUT2D eigenvalue weighted by Gasteiger charge is 2.46. The molecule has 5 heteroatoms. The van der Waals surface area contributed by atoms with E-state index >= 15 is 0 Å². The minimum absolute atomic E-state index is 0.126. The monoisotopic (exact) mass is 390 g/mol. The fourth-order valence-electron chi connectivity index (χ4n) is 4.43. The van der Waals surface area contributed by atoms with Gasteiger partial charge in [-0.3, -0.25) is 0 Å². The van der Waals surface area contributed by atoms with Gasteiger partial charge in [0.25, 0.3) is 0 Å². The highest BCUT2D eigenvalue weighted by molar-refractivity contribution is 5.90. The van der Waals surface area contributed by atoms with Gasteiger partial charge in [0.05, 0.1) is 19.3 Å². The molecular weight excluding hydrogens is 356 g/mol. The molecule has 1 heterocycles. The number of rotatable bonds is 10. The van der Waals surface area contributed by atoms with Crippen molar-refractivity contribution >= 4 is 5.97 Å². The molecule has 2 aliphatic rings. The van der Waals surface area contributed by atoms with Gasteiger partial charge in [-0.2, -0.15) is 0 Å². The van der Waals surface area contributed by atoms with Crippen LogP contribution in [-0.2, 0) is 23.7 Å². The molecule has 3 atom stereocenters. The number of hydrogen-bond acceptors (Lipinski definition) is 5. The number of esters is 1. The van der Waals surface area contributed by atoms with Crippen molar-refractivity contribution in [2.75, 3.05) is 27.1 Å². The zero-order valence-corrected chi connectivity index (χ0v) is 17.7. The minimum atomic E-state index is -0.283. The Balaban J connectivity index is 2.19. The molecule has 0 aromatic carbocycles. The van der Waals surface area contributed by atoms with Crippen LogP contribution in [0.1, 0.15) is 40.0 Å². The first kappa shape index (κ1) is 22.6. The average molecular weight is 391 g/mol. The van der Waals surface area contributed by atoms with Crippen molar-refractivity contribution in [3.63, 3.8) is 0 Å². The van der Waals surface area contributed by atoms with Crippen LogP contribution in [0.4, 0.5) is 0 Å². The Labute approximate surface area is 169 Å². The van der Waals surface area contributed by atoms with Gasteiger partial charge in [-0.05, 0) is 36.7 Å². The summed E-state index contributed by atoms with van der Waals surface area (Å²) in [6.07, 6.45) is 7.87. The lowest BCUT2D eigenvalue weighted by Gasteiger charge is -2.46. The normalized spacial score (nSPS) is 26.0. The molecule has 0 amide bonds. The maximum atomic E-state index is 11.9. The fraction of sp³-hybridized carbons (Fsp3) is 0.609. The van der Waals surface area contributed by atoms with Gasteiger partial charge in [0.1, 0.15) is 12.9 Å². The SMILES string of the molecule is C=C/C=C/[C@@H](OCOCCOC)[C@@H]1CCC(C)=C([C@@H]2CC(=C)C(=O)O2)C1(C)C. The Kier molecular flexibility index (Phi) is 8.23. The van der Waals surface area contributed by atoms with Crippen molar-refractivity contribution in [2.45, 2.75) is 52.2 Å². The molecule has 5 nitrogen and oxygen atoms in total. The molecule has 0 N–H and O–H groups in total. The van der Waals surface area contributed by atoms with E-state index in [0.717, 1.165) is 12.8 Å². The Morgan fingerprint density at radius 3 is 2.71 bits per heavy atom. The number of allylic oxidation sites excluding steroid dienone is 3. The molecule has 1 aliphatic heterocycles. The van der Waals surface area contributed by atoms with Crippen molar-refractivity contribution in [3.05, 3.63) is 48.1 Å². The van der Waals surface area contributed by atoms with Gasteiger partial charge in [0.15, 0.2) is 0 Å². The summed E-state index contributed by atoms with van der Waals surface area (Å²) in [5, 5.41) is 0. The second-order valence-electron chi connectivity index (χ2n) is 8.03. The van der Waals surface area contributed by atoms with E-state index in [4.69, 9.17) is 18.9 Å². The summed E-state index contributed by atoms with van der Waals surface area (Å²) >= 11 is 0. The van der Waals surface area contributed by atoms with Crippen molar-refractivity contribution in [3.8, 4) is 0 Å². The maximum absolute atomic E-state index is 11.9. The van der Waals surface area contributed by atoms with E-state index in [0.29, 0.717) is 25.2 Å². The van der Waals surface area contributed by atoms with E-state index in [1.165, 1.54) is 11.1 Å². The molecule has 1 saturated heterocycles. The van der Waals surface area contributed by atoms with E-state index in [1.54, 1.807) is 13.2 Å². The zero-order chi connectivity index (χ0) is 20.7. The van der Waals surface area contributed by atoms with Gasteiger partial charge in [0.2, 0.25) is 0 Å². The predicted molar refractivity (Wildman–Crippen MR) is 110 cm³/mol. The summed E-state index contributed by atoms with van der Waals surface area (Å²) in [4.78, 5) is 11.9. The smallest absolute Gasteiger partial charge is 0.334 e. The lowest BCUT2D eigenvalue weighted by atomic mass is 9.62. The van der Waals surface area contributed by atoms with Gasteiger partial charge in [0, 0.05) is 19.1 Å². The van der Waals surface area contributed by atoms with Crippen LogP contribution in [0.25, 0.3) is 0 Å². The van der Waals surface area contributed by atoms with Crippen LogP contribution in [-0.4, -0.2) is 45.3 Å². The number of cyclic esters (lactones) is 1. The molecule has 0 bridgehead atoms. The summed E-state index contributed by atoms with van der Waals surface area (Å²) in [7, 11) is 1.64. The van der Waals surface area contributed by atoms with E-state index in [2.05, 4.69) is 33.9 Å². The molecule has 0 saturated carbocycles. The lowest BCUT2D eigenvalue weighted by Crippen LogP contribution is -2.42. The topological polar surface area (TPSA) is 54.0 Å². The van der Waals surface area contributed by atoms with Crippen LogP contribution < -0.4 is 0 Å². The van der Waals surface area contributed by atoms with Crippen LogP contribution in [0.15, 0.2) is 48.1 Å². The van der Waals surface area contributed by atoms with Crippen LogP contribution in [0.5, 0.6) is 0 Å². The Morgan fingerprint density at radius 2 is 2.11 bits per heavy atom. The van der Waals surface area contributed by atoms with Gasteiger partial charge >= 0.3 is 5.97 Å². The van der Waals surface area contributed by atoms with Crippen molar-refractivity contribution in [1.29, 1.82) is 0 Å². The number of carbonyl (C=O) groups is 1. The Hall–Kier alpha value is -1.69. The first-order chi connectivity index (χ1) is 13.3. The zero-order valence-electron chi connectivity index (χ0n) is 17.7. The minimum Gasteiger partial charge on any atom is -0.454 e. The predicted octanol–water partition coefficient (Wildman–Crippen LogP) is 4.36. The number of ether oxygens (including phenoxy) is 4. The summed E-state index contributed by atoms with van der Waals surface area (Å²) < 4.78 is 22.3. The largest absolute Gasteiger partial charge is 0.454 e. The standard InChI is InChI=1S/C23H34O5/c1-7-8-9-19(27-15-26-13-12-25-6)18-11-10-16(2)21(23(18,4)5)20-14-17(3)22(24)28-20/h7-9,18-20H,1,3,10-15H2,2,4-6H3/b9-8+/t18-,19+,20-/m0/s1. The number of methoxy groups -OCH3 is 1. The molecule has 0 aromatic heterocycles. The maximum Gasteiger partial charge on any atom is 0.334 e. The molecule has 1 aliphatic carbocycles. The van der Waals surface area contributed by atoms with Crippen LogP contribution in [0, 0.1) is 11.3 Å². The van der Waals surface area contributed by atoms with Gasteiger partial charge in [-0.1, -0.05) is 50.8 Å². The Morgan fingerprint density at radius 1 is 1.36 bits per heavy atom. The van der Waals surface area contributed by atoms with Crippen LogP contribution >= 0.6 is 0 Å². The summed E-state index contributed by atoms with van der Waals surface area (Å²) in [6, 6.07) is 0. The highest BCUT2D eigenvalue weighted by Crippen LogP contribution is 2.50. The summed E-state index contributed by atoms with van der Waals surface area (Å²) in [6.45, 7) is 15.4. The first-order valence-corrected chi connectivity index (χ1v) is 9.89. The van der Waals surface area contributed by atoms with E-state index in [9.17, 15) is 4.79 Å². The van der Waals surface area contributed by atoms with Crippen molar-refractivity contribution < 1.29 is 23.7 Å². The second kappa shape index (κ2) is 10.2. The van der Waals surface area contributed by atoms with Crippen molar-refractivity contribution in [2.24, 2.45) is 11.3 Å². The molecule has 0 unspecified atom stereocenters. The van der Waals surface area contributed by atoms with Crippen LogP contribution in [0.3, 0.4) is 0 Å². The quantitative estimate of drug-likeness (QED) is 0.139. The van der Waals surface area contributed by atoms with Crippen molar-refractivity contribution in [1.82, 2.24) is 0 Å². The molecule has 0 aromatic rings. The van der Waals surface area contributed by atoms with Gasteiger partial charge in [-0.25, -0.2) is 4.79 Å². The summed E-state index contributed by atoms with van der Waals surface area (Å²) in [5.74, 6) is -0.0601. The molecular formula is C23H34O5. The van der Waals surface area contributed by atoms with E-state index in [-0.39, 0.29) is 36.3 Å². The van der Waals surface area contributed by atoms with Crippen LogP contribution in [0.2, 0.25) is 0 Å². The number of hydrogen-bond donors (Lipinski definition) is 0. The fourth-order valence-corrected chi connectivity index (χ4v) is 4.43. The van der Waals surface area contributed by atoms with Gasteiger partial charge < -0.3 is 18.9 Å². The molecule has 156 valence electrons. The number of carbonyl (C=O) groups excluding carboxylic acids is 1. The Bertz CT molecular complexity index is 627. The van der Waals surface area contributed by atoms with Gasteiger partial charge in [-0.15, -0.1) is 0 Å². The average Bonchev–Trinajstić information content (AvgIpc) is 2.95. The van der Waals surface area contributed by atoms with E-state index < -0.39 is 0 Å². The lowest BCUT2D eigenvalue weighted by molar-refractivity contribution is -0.138. The highest BCUT2D eigenvalue weighted by atomic mass is 16.7.